The first-order valence-electron chi connectivity index (χ1n) is 9.58. The largest absolute Gasteiger partial charge is 0.466 e. The number of carbonyl (C=O) groups is 1. The van der Waals surface area contributed by atoms with Crippen LogP contribution in [0.25, 0.3) is 0 Å². The lowest BCUT2D eigenvalue weighted by Crippen LogP contribution is -2.05. The Morgan fingerprint density at radius 3 is 1.43 bits per heavy atom. The molecule has 0 unspecified atom stereocenters. The molecule has 4 heteroatoms. The summed E-state index contributed by atoms with van der Waals surface area (Å²) in [6.07, 6.45) is 18.1. The average molecular weight is 456 g/mol. The molecule has 0 radical (unpaired) electrons. The summed E-state index contributed by atoms with van der Waals surface area (Å²) in [6, 6.07) is 0. The third-order valence-corrected chi connectivity index (χ3v) is 5.18. The van der Waals surface area contributed by atoms with Crippen LogP contribution in [0.2, 0.25) is 0 Å². The van der Waals surface area contributed by atoms with Gasteiger partial charge in [-0.15, -0.1) is 0 Å². The quantitative estimate of drug-likeness (QED) is 0.124. The molecule has 23 heavy (non-hydrogen) atoms. The zero-order chi connectivity index (χ0) is 17.0. The SMILES string of the molecule is O=C(CCCCCCCBr)OCCCCCCCCCCCBr. The second-order valence-electron chi connectivity index (χ2n) is 6.30. The van der Waals surface area contributed by atoms with Crippen molar-refractivity contribution in [3.63, 3.8) is 0 Å². The molecule has 0 atom stereocenters. The molecule has 0 aromatic rings. The summed E-state index contributed by atoms with van der Waals surface area (Å²) in [5.74, 6) is -0.00252. The van der Waals surface area contributed by atoms with Crippen molar-refractivity contribution >= 4 is 37.8 Å². The van der Waals surface area contributed by atoms with E-state index in [-0.39, 0.29) is 5.97 Å². The number of rotatable bonds is 18. The van der Waals surface area contributed by atoms with Gasteiger partial charge in [-0.1, -0.05) is 96.1 Å². The molecular weight excluding hydrogens is 420 g/mol. The van der Waals surface area contributed by atoms with Crippen LogP contribution in [-0.2, 0) is 9.53 Å². The summed E-state index contributed by atoms with van der Waals surface area (Å²) in [7, 11) is 0. The first-order chi connectivity index (χ1) is 11.3. The number of halogens is 2. The normalized spacial score (nSPS) is 10.9. The smallest absolute Gasteiger partial charge is 0.305 e. The van der Waals surface area contributed by atoms with E-state index in [2.05, 4.69) is 31.9 Å². The minimum Gasteiger partial charge on any atom is -0.466 e. The number of esters is 1. The minimum absolute atomic E-state index is 0.00252. The lowest BCUT2D eigenvalue weighted by Gasteiger charge is -2.05. The first-order valence-corrected chi connectivity index (χ1v) is 11.8. The van der Waals surface area contributed by atoms with Crippen molar-refractivity contribution < 1.29 is 9.53 Å². The van der Waals surface area contributed by atoms with Gasteiger partial charge in [-0.2, -0.15) is 0 Å². The number of unbranched alkanes of at least 4 members (excludes halogenated alkanes) is 12. The standard InChI is InChI=1S/C19H36Br2O2/c20-16-12-8-4-2-1-3-5-10-14-18-23-19(22)15-11-7-6-9-13-17-21/h1-18H2. The van der Waals surface area contributed by atoms with Crippen LogP contribution >= 0.6 is 31.9 Å². The van der Waals surface area contributed by atoms with E-state index in [1.165, 1.54) is 70.6 Å². The molecule has 0 N–H and O–H groups in total. The van der Waals surface area contributed by atoms with Gasteiger partial charge >= 0.3 is 5.97 Å². The minimum atomic E-state index is -0.00252. The van der Waals surface area contributed by atoms with Gasteiger partial charge in [0.2, 0.25) is 0 Å². The zero-order valence-corrected chi connectivity index (χ0v) is 18.0. The highest BCUT2D eigenvalue weighted by molar-refractivity contribution is 9.09. The van der Waals surface area contributed by atoms with E-state index in [4.69, 9.17) is 4.74 Å². The van der Waals surface area contributed by atoms with Crippen LogP contribution in [0.4, 0.5) is 0 Å². The van der Waals surface area contributed by atoms with Gasteiger partial charge < -0.3 is 4.74 Å². The van der Waals surface area contributed by atoms with Crippen LogP contribution in [0.3, 0.4) is 0 Å². The molecule has 0 saturated heterocycles. The van der Waals surface area contributed by atoms with E-state index < -0.39 is 0 Å². The third-order valence-electron chi connectivity index (χ3n) is 4.06. The Hall–Kier alpha value is 0.430. The molecular formula is C19H36Br2O2. The van der Waals surface area contributed by atoms with Gasteiger partial charge in [0, 0.05) is 17.1 Å². The van der Waals surface area contributed by atoms with Crippen molar-refractivity contribution in [2.75, 3.05) is 17.3 Å². The Labute approximate surface area is 160 Å². The van der Waals surface area contributed by atoms with Crippen molar-refractivity contribution in [3.8, 4) is 0 Å². The molecule has 0 aliphatic rings. The number of alkyl halides is 2. The van der Waals surface area contributed by atoms with E-state index in [9.17, 15) is 4.79 Å². The number of ether oxygens (including phenoxy) is 1. The molecule has 0 aliphatic carbocycles. The van der Waals surface area contributed by atoms with E-state index in [0.717, 1.165) is 29.9 Å². The maximum atomic E-state index is 11.6. The van der Waals surface area contributed by atoms with Crippen LogP contribution < -0.4 is 0 Å². The van der Waals surface area contributed by atoms with Crippen molar-refractivity contribution in [1.29, 1.82) is 0 Å². The van der Waals surface area contributed by atoms with Gasteiger partial charge in [0.25, 0.3) is 0 Å². The lowest BCUT2D eigenvalue weighted by atomic mass is 10.1. The summed E-state index contributed by atoms with van der Waals surface area (Å²) in [6.45, 7) is 0.619. The highest BCUT2D eigenvalue weighted by Gasteiger charge is 2.02. The molecule has 0 amide bonds. The molecule has 0 aromatic carbocycles. The van der Waals surface area contributed by atoms with E-state index >= 15 is 0 Å². The third kappa shape index (κ3) is 20.4. The second kappa shape index (κ2) is 20.5. The molecule has 2 nitrogen and oxygen atoms in total. The Kier molecular flexibility index (Phi) is 20.9. The predicted molar refractivity (Wildman–Crippen MR) is 108 cm³/mol. The van der Waals surface area contributed by atoms with Gasteiger partial charge in [0.1, 0.15) is 0 Å². The summed E-state index contributed by atoms with van der Waals surface area (Å²) in [5, 5.41) is 2.23. The van der Waals surface area contributed by atoms with Crippen LogP contribution in [0.1, 0.15) is 96.3 Å². The molecule has 0 bridgehead atoms. The molecule has 0 saturated carbocycles. The van der Waals surface area contributed by atoms with Gasteiger partial charge in [0.15, 0.2) is 0 Å². The monoisotopic (exact) mass is 454 g/mol. The fraction of sp³-hybridized carbons (Fsp3) is 0.947. The van der Waals surface area contributed by atoms with Crippen molar-refractivity contribution in [1.82, 2.24) is 0 Å². The Balaban J connectivity index is 3.11. The molecule has 0 rings (SSSR count). The molecule has 0 spiro atoms. The fourth-order valence-corrected chi connectivity index (χ4v) is 3.38. The topological polar surface area (TPSA) is 26.3 Å². The van der Waals surface area contributed by atoms with E-state index in [1.807, 2.05) is 0 Å². The molecule has 0 aliphatic heterocycles. The number of hydrogen-bond donors (Lipinski definition) is 0. The zero-order valence-electron chi connectivity index (χ0n) is 14.8. The lowest BCUT2D eigenvalue weighted by molar-refractivity contribution is -0.143. The predicted octanol–water partition coefficient (Wildman–Crippen LogP) is 7.17. The maximum absolute atomic E-state index is 11.6. The fourth-order valence-electron chi connectivity index (χ4n) is 2.59. The van der Waals surface area contributed by atoms with Crippen LogP contribution in [0, 0.1) is 0 Å². The highest BCUT2D eigenvalue weighted by atomic mass is 79.9. The van der Waals surface area contributed by atoms with Crippen molar-refractivity contribution in [2.45, 2.75) is 96.3 Å². The Morgan fingerprint density at radius 1 is 0.565 bits per heavy atom. The summed E-state index contributed by atoms with van der Waals surface area (Å²) in [5.41, 5.74) is 0. The Morgan fingerprint density at radius 2 is 0.957 bits per heavy atom. The molecule has 0 fully saturated rings. The van der Waals surface area contributed by atoms with E-state index in [0.29, 0.717) is 13.0 Å². The first kappa shape index (κ1) is 23.4. The van der Waals surface area contributed by atoms with Crippen molar-refractivity contribution in [3.05, 3.63) is 0 Å². The van der Waals surface area contributed by atoms with Gasteiger partial charge in [-0.25, -0.2) is 0 Å². The van der Waals surface area contributed by atoms with Gasteiger partial charge in [0.05, 0.1) is 6.61 Å². The maximum Gasteiger partial charge on any atom is 0.305 e. The van der Waals surface area contributed by atoms with Crippen LogP contribution in [0.15, 0.2) is 0 Å². The second-order valence-corrected chi connectivity index (χ2v) is 7.88. The van der Waals surface area contributed by atoms with Crippen LogP contribution in [0.5, 0.6) is 0 Å². The Bertz CT molecular complexity index is 248. The number of carbonyl (C=O) groups excluding carboxylic acids is 1. The van der Waals surface area contributed by atoms with Gasteiger partial charge in [-0.05, 0) is 25.7 Å². The van der Waals surface area contributed by atoms with Crippen molar-refractivity contribution in [2.24, 2.45) is 0 Å². The summed E-state index contributed by atoms with van der Waals surface area (Å²) in [4.78, 5) is 11.6. The van der Waals surface area contributed by atoms with E-state index in [1.54, 1.807) is 0 Å². The molecule has 0 aromatic heterocycles. The van der Waals surface area contributed by atoms with Gasteiger partial charge in [-0.3, -0.25) is 4.79 Å². The average Bonchev–Trinajstić information content (AvgIpc) is 2.56. The molecule has 138 valence electrons. The van der Waals surface area contributed by atoms with Crippen LogP contribution in [-0.4, -0.2) is 23.2 Å². The summed E-state index contributed by atoms with van der Waals surface area (Å²) >= 11 is 6.90. The highest BCUT2D eigenvalue weighted by Crippen LogP contribution is 2.11. The molecule has 0 heterocycles. The number of hydrogen-bond acceptors (Lipinski definition) is 2. The summed E-state index contributed by atoms with van der Waals surface area (Å²) < 4.78 is 5.29.